The van der Waals surface area contributed by atoms with Crippen molar-refractivity contribution < 1.29 is 9.53 Å². The molecule has 0 aromatic heterocycles. The molecule has 0 radical (unpaired) electrons. The van der Waals surface area contributed by atoms with Crippen LogP contribution in [0.1, 0.15) is 35.7 Å². The van der Waals surface area contributed by atoms with E-state index in [-0.39, 0.29) is 5.97 Å². The summed E-state index contributed by atoms with van der Waals surface area (Å²) < 4.78 is 5.10. The van der Waals surface area contributed by atoms with E-state index in [1.807, 2.05) is 19.1 Å². The van der Waals surface area contributed by atoms with Gasteiger partial charge in [0.15, 0.2) is 0 Å². The third-order valence-corrected chi connectivity index (χ3v) is 3.44. The lowest BCUT2D eigenvalue weighted by Crippen LogP contribution is -2.22. The summed E-state index contributed by atoms with van der Waals surface area (Å²) in [6.07, 6.45) is 2.32. The van der Waals surface area contributed by atoms with Gasteiger partial charge >= 0.3 is 5.97 Å². The number of ether oxygens (including phenoxy) is 1. The van der Waals surface area contributed by atoms with E-state index in [0.29, 0.717) is 17.2 Å². The third-order valence-electron chi connectivity index (χ3n) is 3.14. The fourth-order valence-electron chi connectivity index (χ4n) is 2.34. The van der Waals surface area contributed by atoms with Crippen LogP contribution in [-0.4, -0.2) is 25.7 Å². The van der Waals surface area contributed by atoms with E-state index in [1.54, 1.807) is 6.92 Å². The Bertz CT molecular complexity index is 453. The number of esters is 1. The maximum absolute atomic E-state index is 12.0. The zero-order chi connectivity index (χ0) is 13.1. The summed E-state index contributed by atoms with van der Waals surface area (Å²) in [5, 5.41) is 0.482. The summed E-state index contributed by atoms with van der Waals surface area (Å²) in [5.74, 6) is -0.329. The maximum Gasteiger partial charge on any atom is 0.341 e. The van der Waals surface area contributed by atoms with Gasteiger partial charge < -0.3 is 9.64 Å². The number of hydrogen-bond donors (Lipinski definition) is 0. The van der Waals surface area contributed by atoms with Crippen molar-refractivity contribution in [3.8, 4) is 0 Å². The van der Waals surface area contributed by atoms with Crippen molar-refractivity contribution in [3.05, 3.63) is 28.3 Å². The second-order valence-corrected chi connectivity index (χ2v) is 4.96. The Morgan fingerprint density at radius 3 is 2.67 bits per heavy atom. The molecule has 1 aromatic rings. The summed E-state index contributed by atoms with van der Waals surface area (Å²) in [4.78, 5) is 14.2. The molecule has 1 fully saturated rings. The predicted octanol–water partition coefficient (Wildman–Crippen LogP) is 3.43. The van der Waals surface area contributed by atoms with Crippen LogP contribution in [-0.2, 0) is 4.74 Å². The smallest absolute Gasteiger partial charge is 0.341 e. The lowest BCUT2D eigenvalue weighted by Gasteiger charge is -2.22. The highest BCUT2D eigenvalue weighted by Crippen LogP contribution is 2.32. The van der Waals surface area contributed by atoms with E-state index < -0.39 is 0 Å². The molecule has 0 N–H and O–H groups in total. The first-order valence-corrected chi connectivity index (χ1v) is 6.73. The molecule has 0 aliphatic carbocycles. The zero-order valence-electron chi connectivity index (χ0n) is 10.8. The van der Waals surface area contributed by atoms with Crippen LogP contribution in [0.25, 0.3) is 0 Å². The minimum absolute atomic E-state index is 0.329. The van der Waals surface area contributed by atoms with Crippen molar-refractivity contribution in [3.63, 3.8) is 0 Å². The number of benzene rings is 1. The average Bonchev–Trinajstić information content (AvgIpc) is 2.81. The van der Waals surface area contributed by atoms with Gasteiger partial charge in [-0.05, 0) is 44.4 Å². The normalized spacial score (nSPS) is 14.9. The fourth-order valence-corrected chi connectivity index (χ4v) is 2.68. The highest BCUT2D eigenvalue weighted by Gasteiger charge is 2.23. The molecule has 1 aliphatic heterocycles. The highest BCUT2D eigenvalue weighted by molar-refractivity contribution is 6.34. The van der Waals surface area contributed by atoms with Gasteiger partial charge in [0, 0.05) is 13.1 Å². The number of aryl methyl sites for hydroxylation is 1. The molecule has 0 saturated carbocycles. The van der Waals surface area contributed by atoms with Crippen LogP contribution in [0.5, 0.6) is 0 Å². The first-order chi connectivity index (χ1) is 8.63. The van der Waals surface area contributed by atoms with Gasteiger partial charge in [-0.1, -0.05) is 11.6 Å². The van der Waals surface area contributed by atoms with Crippen molar-refractivity contribution in [2.75, 3.05) is 24.6 Å². The van der Waals surface area contributed by atoms with Crippen molar-refractivity contribution in [1.82, 2.24) is 0 Å². The summed E-state index contributed by atoms with van der Waals surface area (Å²) in [7, 11) is 0. The highest BCUT2D eigenvalue weighted by atomic mass is 35.5. The largest absolute Gasteiger partial charge is 0.462 e. The quantitative estimate of drug-likeness (QED) is 0.786. The van der Waals surface area contributed by atoms with E-state index in [4.69, 9.17) is 16.3 Å². The SMILES string of the molecule is CCOC(=O)c1c(Cl)cc(C)cc1N1CCCC1. The Balaban J connectivity index is 2.44. The number of carbonyl (C=O) groups excluding carboxylic acids is 1. The van der Waals surface area contributed by atoms with Crippen molar-refractivity contribution >= 4 is 23.3 Å². The monoisotopic (exact) mass is 267 g/mol. The Labute approximate surface area is 113 Å². The Morgan fingerprint density at radius 2 is 2.06 bits per heavy atom. The van der Waals surface area contributed by atoms with Gasteiger partial charge in [0.1, 0.15) is 5.56 Å². The van der Waals surface area contributed by atoms with Gasteiger partial charge in [0.05, 0.1) is 17.3 Å². The first-order valence-electron chi connectivity index (χ1n) is 6.35. The van der Waals surface area contributed by atoms with Crippen LogP contribution in [0.15, 0.2) is 12.1 Å². The van der Waals surface area contributed by atoms with E-state index >= 15 is 0 Å². The van der Waals surface area contributed by atoms with Crippen LogP contribution in [0.4, 0.5) is 5.69 Å². The number of nitrogens with zero attached hydrogens (tertiary/aromatic N) is 1. The molecule has 0 unspecified atom stereocenters. The van der Waals surface area contributed by atoms with Gasteiger partial charge in [0.25, 0.3) is 0 Å². The van der Waals surface area contributed by atoms with Crippen LogP contribution >= 0.6 is 11.6 Å². The minimum Gasteiger partial charge on any atom is -0.462 e. The van der Waals surface area contributed by atoms with Crippen LogP contribution in [0.3, 0.4) is 0 Å². The summed E-state index contributed by atoms with van der Waals surface area (Å²) in [6, 6.07) is 3.83. The molecule has 0 bridgehead atoms. The Kier molecular flexibility index (Phi) is 4.12. The molecule has 18 heavy (non-hydrogen) atoms. The molecule has 2 rings (SSSR count). The Morgan fingerprint density at radius 1 is 1.39 bits per heavy atom. The van der Waals surface area contributed by atoms with Crippen molar-refractivity contribution in [2.45, 2.75) is 26.7 Å². The molecule has 98 valence electrons. The summed E-state index contributed by atoms with van der Waals surface area (Å²) >= 11 is 6.22. The number of halogens is 1. The van der Waals surface area contributed by atoms with Gasteiger partial charge in [0.2, 0.25) is 0 Å². The van der Waals surface area contributed by atoms with E-state index in [0.717, 1.165) is 37.2 Å². The van der Waals surface area contributed by atoms with Gasteiger partial charge in [-0.25, -0.2) is 4.79 Å². The van der Waals surface area contributed by atoms with Crippen molar-refractivity contribution in [1.29, 1.82) is 0 Å². The molecule has 3 nitrogen and oxygen atoms in total. The number of rotatable bonds is 3. The van der Waals surface area contributed by atoms with Crippen LogP contribution in [0.2, 0.25) is 5.02 Å². The second-order valence-electron chi connectivity index (χ2n) is 4.56. The van der Waals surface area contributed by atoms with Gasteiger partial charge in [-0.3, -0.25) is 0 Å². The van der Waals surface area contributed by atoms with Gasteiger partial charge in [-0.2, -0.15) is 0 Å². The van der Waals surface area contributed by atoms with E-state index in [1.165, 1.54) is 0 Å². The number of carbonyl (C=O) groups is 1. The van der Waals surface area contributed by atoms with Crippen LogP contribution in [0, 0.1) is 6.92 Å². The molecule has 1 heterocycles. The second kappa shape index (κ2) is 5.61. The fraction of sp³-hybridized carbons (Fsp3) is 0.500. The molecule has 4 heteroatoms. The molecule has 0 spiro atoms. The van der Waals surface area contributed by atoms with Gasteiger partial charge in [-0.15, -0.1) is 0 Å². The molecule has 0 atom stereocenters. The Hall–Kier alpha value is -1.22. The molecular formula is C14H18ClNO2. The minimum atomic E-state index is -0.329. The predicted molar refractivity (Wildman–Crippen MR) is 73.6 cm³/mol. The maximum atomic E-state index is 12.0. The first kappa shape index (κ1) is 13.2. The number of anilines is 1. The lowest BCUT2D eigenvalue weighted by molar-refractivity contribution is 0.0527. The standard InChI is InChI=1S/C14H18ClNO2/c1-3-18-14(17)13-11(15)8-10(2)9-12(13)16-6-4-5-7-16/h8-9H,3-7H2,1-2H3. The molecule has 1 aliphatic rings. The molecule has 1 saturated heterocycles. The van der Waals surface area contributed by atoms with E-state index in [2.05, 4.69) is 4.90 Å². The van der Waals surface area contributed by atoms with Crippen LogP contribution < -0.4 is 4.90 Å². The topological polar surface area (TPSA) is 29.5 Å². The van der Waals surface area contributed by atoms with E-state index in [9.17, 15) is 4.79 Å². The summed E-state index contributed by atoms with van der Waals surface area (Å²) in [6.45, 7) is 6.11. The molecule has 0 amide bonds. The summed E-state index contributed by atoms with van der Waals surface area (Å²) in [5.41, 5.74) is 2.48. The molecular weight excluding hydrogens is 250 g/mol. The zero-order valence-corrected chi connectivity index (χ0v) is 11.6. The number of hydrogen-bond acceptors (Lipinski definition) is 3. The third kappa shape index (κ3) is 2.61. The van der Waals surface area contributed by atoms with Crippen molar-refractivity contribution in [2.24, 2.45) is 0 Å². The average molecular weight is 268 g/mol. The molecule has 1 aromatic carbocycles. The lowest BCUT2D eigenvalue weighted by atomic mass is 10.1.